The lowest BCUT2D eigenvalue weighted by molar-refractivity contribution is -0.150. The number of rotatable bonds is 7. The Morgan fingerprint density at radius 2 is 1.97 bits per heavy atom. The van der Waals surface area contributed by atoms with E-state index in [4.69, 9.17) is 0 Å². The van der Waals surface area contributed by atoms with Gasteiger partial charge in [-0.3, -0.25) is 14.4 Å². The molecule has 1 aromatic rings. The summed E-state index contributed by atoms with van der Waals surface area (Å²) in [7, 11) is 0. The van der Waals surface area contributed by atoms with Gasteiger partial charge in [-0.1, -0.05) is 24.3 Å². The standard InChI is InChI=1S/C25H32N2O5S/c1-6-12-26(19-14(2)8-7-9-15(19)3)22(30)20-25-11-10-24(5,33-25)18(23(31)32)17(25)21(29)27(20)16(4)13-28/h6-9,16-18,20,28H,1,10-13H2,2-5H3,(H,31,32)/t16-,17+,18-,20?,24+,25?/m1/s1. The molecule has 2 unspecified atom stereocenters. The molecule has 1 spiro atoms. The van der Waals surface area contributed by atoms with E-state index in [-0.39, 0.29) is 25.0 Å². The molecule has 0 aromatic heterocycles. The van der Waals surface area contributed by atoms with E-state index in [9.17, 15) is 24.6 Å². The van der Waals surface area contributed by atoms with Crippen molar-refractivity contribution in [3.63, 3.8) is 0 Å². The smallest absolute Gasteiger partial charge is 0.308 e. The molecule has 3 fully saturated rings. The van der Waals surface area contributed by atoms with E-state index in [1.165, 1.54) is 16.7 Å². The van der Waals surface area contributed by atoms with Crippen molar-refractivity contribution in [1.29, 1.82) is 0 Å². The van der Waals surface area contributed by atoms with Crippen LogP contribution in [0.3, 0.4) is 0 Å². The van der Waals surface area contributed by atoms with Crippen LogP contribution in [0, 0.1) is 25.7 Å². The van der Waals surface area contributed by atoms with Gasteiger partial charge in [0.1, 0.15) is 6.04 Å². The first-order chi connectivity index (χ1) is 15.5. The van der Waals surface area contributed by atoms with Crippen molar-refractivity contribution in [2.45, 2.75) is 62.1 Å². The third kappa shape index (κ3) is 3.25. The molecule has 33 heavy (non-hydrogen) atoms. The SMILES string of the molecule is C=CCN(C(=O)C1N([C@H](C)CO)C(=O)[C@@H]2[C@H](C(=O)O)[C@]3(C)CCC12S3)c1c(C)cccc1C. The molecular weight excluding hydrogens is 440 g/mol. The van der Waals surface area contributed by atoms with Crippen molar-refractivity contribution >= 4 is 35.2 Å². The van der Waals surface area contributed by atoms with Crippen LogP contribution in [0.1, 0.15) is 37.8 Å². The number of aliphatic carboxylic acids is 1. The second-order valence-corrected chi connectivity index (χ2v) is 11.7. The Kier molecular flexibility index (Phi) is 5.90. The van der Waals surface area contributed by atoms with E-state index in [1.54, 1.807) is 17.9 Å². The van der Waals surface area contributed by atoms with Gasteiger partial charge in [0.25, 0.3) is 5.91 Å². The average Bonchev–Trinajstić information content (AvgIpc) is 3.32. The molecule has 8 heteroatoms. The summed E-state index contributed by atoms with van der Waals surface area (Å²) in [4.78, 5) is 43.6. The number of aryl methyl sites for hydroxylation is 2. The molecule has 2 bridgehead atoms. The van der Waals surface area contributed by atoms with Crippen LogP contribution in [0.5, 0.6) is 0 Å². The highest BCUT2D eigenvalue weighted by atomic mass is 32.2. The van der Waals surface area contributed by atoms with E-state index in [2.05, 4.69) is 6.58 Å². The van der Waals surface area contributed by atoms with Gasteiger partial charge in [0, 0.05) is 17.0 Å². The maximum absolute atomic E-state index is 14.4. The highest BCUT2D eigenvalue weighted by molar-refractivity contribution is 8.02. The predicted octanol–water partition coefficient (Wildman–Crippen LogP) is 2.77. The Hall–Kier alpha value is -2.32. The molecule has 7 nitrogen and oxygen atoms in total. The van der Waals surface area contributed by atoms with Crippen LogP contribution in [-0.4, -0.2) is 67.6 Å². The van der Waals surface area contributed by atoms with Crippen molar-refractivity contribution in [3.8, 4) is 0 Å². The third-order valence-electron chi connectivity index (χ3n) is 7.74. The van der Waals surface area contributed by atoms with Crippen LogP contribution in [0.2, 0.25) is 0 Å². The van der Waals surface area contributed by atoms with Crippen molar-refractivity contribution in [2.75, 3.05) is 18.1 Å². The van der Waals surface area contributed by atoms with Crippen molar-refractivity contribution < 1.29 is 24.6 Å². The van der Waals surface area contributed by atoms with Crippen LogP contribution in [-0.2, 0) is 14.4 Å². The minimum absolute atomic E-state index is 0.244. The van der Waals surface area contributed by atoms with E-state index < -0.39 is 39.4 Å². The molecule has 1 aromatic carbocycles. The van der Waals surface area contributed by atoms with Crippen LogP contribution in [0.4, 0.5) is 5.69 Å². The van der Waals surface area contributed by atoms with Gasteiger partial charge in [-0.15, -0.1) is 18.3 Å². The molecule has 3 saturated heterocycles. The maximum atomic E-state index is 14.4. The normalized spacial score (nSPS) is 33.2. The number of carboxylic acid groups (broad SMARTS) is 1. The molecular formula is C25H32N2O5S. The van der Waals surface area contributed by atoms with Gasteiger partial charge in [0.05, 0.1) is 29.2 Å². The number of nitrogens with zero attached hydrogens (tertiary/aromatic N) is 2. The average molecular weight is 473 g/mol. The number of likely N-dealkylation sites (tertiary alicyclic amines) is 1. The molecule has 0 saturated carbocycles. The van der Waals surface area contributed by atoms with E-state index in [1.807, 2.05) is 39.0 Å². The van der Waals surface area contributed by atoms with Crippen molar-refractivity contribution in [2.24, 2.45) is 11.8 Å². The van der Waals surface area contributed by atoms with E-state index in [0.29, 0.717) is 12.8 Å². The van der Waals surface area contributed by atoms with Gasteiger partial charge < -0.3 is 20.0 Å². The number of carboxylic acids is 1. The molecule has 0 aliphatic carbocycles. The molecule has 2 amide bonds. The van der Waals surface area contributed by atoms with Gasteiger partial charge in [0.15, 0.2) is 0 Å². The fraction of sp³-hybridized carbons (Fsp3) is 0.560. The van der Waals surface area contributed by atoms with E-state index >= 15 is 0 Å². The Morgan fingerprint density at radius 3 is 2.52 bits per heavy atom. The van der Waals surface area contributed by atoms with Gasteiger partial charge in [-0.2, -0.15) is 0 Å². The second-order valence-electron chi connectivity index (χ2n) is 9.82. The number of aliphatic hydroxyl groups excluding tert-OH is 1. The molecule has 3 aliphatic heterocycles. The van der Waals surface area contributed by atoms with Crippen LogP contribution in [0.15, 0.2) is 30.9 Å². The second kappa shape index (κ2) is 8.17. The number of benzene rings is 1. The summed E-state index contributed by atoms with van der Waals surface area (Å²) in [5, 5.41) is 20.0. The van der Waals surface area contributed by atoms with Crippen LogP contribution in [0.25, 0.3) is 0 Å². The molecule has 4 rings (SSSR count). The number of amides is 2. The maximum Gasteiger partial charge on any atom is 0.308 e. The molecule has 0 radical (unpaired) electrons. The number of thioether (sulfide) groups is 1. The summed E-state index contributed by atoms with van der Waals surface area (Å²) in [6.45, 7) is 11.3. The zero-order valence-corrected chi connectivity index (χ0v) is 20.4. The summed E-state index contributed by atoms with van der Waals surface area (Å²) in [6, 6.07) is 4.37. The minimum Gasteiger partial charge on any atom is -0.481 e. The zero-order valence-electron chi connectivity index (χ0n) is 19.6. The number of fused-ring (bicyclic) bond motifs is 1. The number of carbonyl (C=O) groups excluding carboxylic acids is 2. The lowest BCUT2D eigenvalue weighted by Crippen LogP contribution is -2.57. The largest absolute Gasteiger partial charge is 0.481 e. The number of hydrogen-bond acceptors (Lipinski definition) is 5. The Morgan fingerprint density at radius 1 is 1.33 bits per heavy atom. The summed E-state index contributed by atoms with van der Waals surface area (Å²) in [5.74, 6) is -3.22. The Labute approximate surface area is 198 Å². The number of para-hydroxylation sites is 1. The number of anilines is 1. The summed E-state index contributed by atoms with van der Waals surface area (Å²) in [5.41, 5.74) is 2.65. The summed E-state index contributed by atoms with van der Waals surface area (Å²) in [6.07, 6.45) is 2.89. The molecule has 3 aliphatic rings. The summed E-state index contributed by atoms with van der Waals surface area (Å²) < 4.78 is -1.42. The topological polar surface area (TPSA) is 98.2 Å². The molecule has 2 N–H and O–H groups in total. The van der Waals surface area contributed by atoms with Gasteiger partial charge >= 0.3 is 5.97 Å². The Bertz CT molecular complexity index is 1010. The predicted molar refractivity (Wildman–Crippen MR) is 128 cm³/mol. The minimum atomic E-state index is -0.993. The molecule has 6 atom stereocenters. The van der Waals surface area contributed by atoms with E-state index in [0.717, 1.165) is 16.8 Å². The number of aliphatic hydroxyl groups is 1. The highest BCUT2D eigenvalue weighted by Crippen LogP contribution is 2.71. The van der Waals surface area contributed by atoms with Crippen molar-refractivity contribution in [1.82, 2.24) is 4.90 Å². The fourth-order valence-electron chi connectivity index (χ4n) is 6.38. The Balaban J connectivity index is 1.88. The molecule has 3 heterocycles. The first kappa shape index (κ1) is 23.8. The first-order valence-corrected chi connectivity index (χ1v) is 12.2. The number of hydrogen-bond donors (Lipinski definition) is 2. The highest BCUT2D eigenvalue weighted by Gasteiger charge is 2.77. The molecule has 178 valence electrons. The lowest BCUT2D eigenvalue weighted by atomic mass is 9.66. The van der Waals surface area contributed by atoms with Crippen LogP contribution >= 0.6 is 11.8 Å². The van der Waals surface area contributed by atoms with Gasteiger partial charge in [0.2, 0.25) is 5.91 Å². The first-order valence-electron chi connectivity index (χ1n) is 11.4. The fourth-order valence-corrected chi connectivity index (χ4v) is 8.71. The van der Waals surface area contributed by atoms with Gasteiger partial charge in [-0.25, -0.2) is 0 Å². The lowest BCUT2D eigenvalue weighted by Gasteiger charge is -2.39. The monoisotopic (exact) mass is 472 g/mol. The van der Waals surface area contributed by atoms with Crippen molar-refractivity contribution in [3.05, 3.63) is 42.0 Å². The number of carbonyl (C=O) groups is 3. The quantitative estimate of drug-likeness (QED) is 0.592. The van der Waals surface area contributed by atoms with Crippen LogP contribution < -0.4 is 4.90 Å². The van der Waals surface area contributed by atoms with Gasteiger partial charge in [-0.05, 0) is 51.7 Å². The summed E-state index contributed by atoms with van der Waals surface area (Å²) >= 11 is 1.50. The third-order valence-corrected chi connectivity index (χ3v) is 9.73. The zero-order chi connectivity index (χ0) is 24.3.